The Balaban J connectivity index is 2.13. The largest absolute Gasteiger partial charge is 0.422 e. The molecule has 0 aliphatic heterocycles. The molecule has 3 aromatic rings. The zero-order valence-electron chi connectivity index (χ0n) is 16.1. The van der Waals surface area contributed by atoms with Gasteiger partial charge in [0.2, 0.25) is 0 Å². The predicted molar refractivity (Wildman–Crippen MR) is 119 cm³/mol. The van der Waals surface area contributed by atoms with Crippen LogP contribution in [-0.4, -0.2) is 36.8 Å². The molecular formula is C21H21IN2O5. The van der Waals surface area contributed by atoms with Crippen molar-refractivity contribution in [2.75, 3.05) is 26.4 Å². The molecule has 0 saturated carbocycles. The molecule has 1 heterocycles. The SMILES string of the molecule is CN(C)C(=O)Oc1cc2oc(=O)c(Cc3cccc(N)c3)c(CCO)c2cc1I. The van der Waals surface area contributed by atoms with Gasteiger partial charge in [-0.05, 0) is 58.3 Å². The third-order valence-corrected chi connectivity index (χ3v) is 5.27. The van der Waals surface area contributed by atoms with Gasteiger partial charge < -0.3 is 24.9 Å². The molecular weight excluding hydrogens is 487 g/mol. The van der Waals surface area contributed by atoms with Crippen molar-refractivity contribution >= 4 is 45.3 Å². The van der Waals surface area contributed by atoms with Gasteiger partial charge in [-0.15, -0.1) is 0 Å². The molecule has 3 N–H and O–H groups in total. The summed E-state index contributed by atoms with van der Waals surface area (Å²) in [6.45, 7) is -0.115. The Morgan fingerprint density at radius 1 is 1.24 bits per heavy atom. The van der Waals surface area contributed by atoms with Crippen LogP contribution in [0, 0.1) is 3.57 Å². The zero-order chi connectivity index (χ0) is 21.1. The zero-order valence-corrected chi connectivity index (χ0v) is 18.2. The van der Waals surface area contributed by atoms with Crippen LogP contribution in [0.2, 0.25) is 0 Å². The first-order valence-corrected chi connectivity index (χ1v) is 10.0. The van der Waals surface area contributed by atoms with Crippen molar-refractivity contribution < 1.29 is 19.1 Å². The van der Waals surface area contributed by atoms with Crippen LogP contribution in [0.1, 0.15) is 16.7 Å². The fraction of sp³-hybridized carbons (Fsp3) is 0.238. The highest BCUT2D eigenvalue weighted by Crippen LogP contribution is 2.31. The number of benzene rings is 2. The van der Waals surface area contributed by atoms with Crippen LogP contribution in [0.15, 0.2) is 45.6 Å². The summed E-state index contributed by atoms with van der Waals surface area (Å²) >= 11 is 2.06. The lowest BCUT2D eigenvalue weighted by atomic mass is 9.96. The number of nitrogens with two attached hydrogens (primary N) is 1. The fourth-order valence-corrected chi connectivity index (χ4v) is 3.63. The maximum absolute atomic E-state index is 12.7. The Kier molecular flexibility index (Phi) is 6.43. The van der Waals surface area contributed by atoms with Gasteiger partial charge >= 0.3 is 11.7 Å². The van der Waals surface area contributed by atoms with E-state index in [0.717, 1.165) is 5.56 Å². The molecule has 1 amide bonds. The van der Waals surface area contributed by atoms with Crippen LogP contribution in [-0.2, 0) is 12.8 Å². The molecule has 8 heteroatoms. The minimum Gasteiger partial charge on any atom is -0.422 e. The summed E-state index contributed by atoms with van der Waals surface area (Å²) in [5.74, 6) is 0.304. The number of anilines is 1. The van der Waals surface area contributed by atoms with Crippen LogP contribution in [0.3, 0.4) is 0 Å². The van der Waals surface area contributed by atoms with Crippen molar-refractivity contribution in [3.05, 3.63) is 67.1 Å². The molecule has 7 nitrogen and oxygen atoms in total. The van der Waals surface area contributed by atoms with Crippen molar-refractivity contribution in [2.45, 2.75) is 12.8 Å². The van der Waals surface area contributed by atoms with Crippen molar-refractivity contribution in [1.29, 1.82) is 0 Å². The second kappa shape index (κ2) is 8.83. The average molecular weight is 508 g/mol. The lowest BCUT2D eigenvalue weighted by Crippen LogP contribution is -2.25. The van der Waals surface area contributed by atoms with Gasteiger partial charge in [0.05, 0.1) is 3.57 Å². The first kappa shape index (κ1) is 21.1. The van der Waals surface area contributed by atoms with Crippen molar-refractivity contribution in [3.63, 3.8) is 0 Å². The highest BCUT2D eigenvalue weighted by atomic mass is 127. The van der Waals surface area contributed by atoms with Gasteiger partial charge in [-0.3, -0.25) is 0 Å². The third kappa shape index (κ3) is 4.70. The van der Waals surface area contributed by atoms with E-state index in [1.54, 1.807) is 32.3 Å². The van der Waals surface area contributed by atoms with Gasteiger partial charge in [0.25, 0.3) is 0 Å². The highest BCUT2D eigenvalue weighted by Gasteiger charge is 2.18. The monoisotopic (exact) mass is 508 g/mol. The maximum Gasteiger partial charge on any atom is 0.414 e. The van der Waals surface area contributed by atoms with Crippen LogP contribution in [0.25, 0.3) is 11.0 Å². The number of rotatable bonds is 5. The van der Waals surface area contributed by atoms with Gasteiger partial charge in [-0.2, -0.15) is 0 Å². The summed E-state index contributed by atoms with van der Waals surface area (Å²) in [6.07, 6.45) is 0.109. The molecule has 0 aliphatic rings. The molecule has 0 aliphatic carbocycles. The Labute approximate surface area is 181 Å². The molecule has 0 unspecified atom stereocenters. The lowest BCUT2D eigenvalue weighted by molar-refractivity contribution is 0.171. The number of carbonyl (C=O) groups excluding carboxylic acids is 1. The van der Waals surface area contributed by atoms with Gasteiger partial charge in [-0.1, -0.05) is 12.1 Å². The molecule has 29 heavy (non-hydrogen) atoms. The summed E-state index contributed by atoms with van der Waals surface area (Å²) in [5.41, 5.74) is 8.34. The molecule has 1 aromatic heterocycles. The number of nitrogen functional groups attached to an aromatic ring is 1. The molecule has 0 atom stereocenters. The molecule has 0 saturated heterocycles. The van der Waals surface area contributed by atoms with Crippen molar-refractivity contribution in [2.24, 2.45) is 0 Å². The first-order valence-electron chi connectivity index (χ1n) is 8.92. The van der Waals surface area contributed by atoms with E-state index in [1.807, 2.05) is 12.1 Å². The van der Waals surface area contributed by atoms with Crippen molar-refractivity contribution in [1.82, 2.24) is 4.90 Å². The summed E-state index contributed by atoms with van der Waals surface area (Å²) in [5, 5.41) is 10.3. The molecule has 152 valence electrons. The van der Waals surface area contributed by atoms with Gasteiger partial charge in [-0.25, -0.2) is 9.59 Å². The number of fused-ring (bicyclic) bond motifs is 1. The number of amides is 1. The summed E-state index contributed by atoms with van der Waals surface area (Å²) in [7, 11) is 3.16. The number of nitrogens with zero attached hydrogens (tertiary/aromatic N) is 1. The van der Waals surface area contributed by atoms with E-state index in [0.29, 0.717) is 49.9 Å². The second-order valence-electron chi connectivity index (χ2n) is 6.78. The summed E-state index contributed by atoms with van der Waals surface area (Å²) in [6, 6.07) is 10.6. The Bertz CT molecular complexity index is 1120. The minimum absolute atomic E-state index is 0.115. The molecule has 0 radical (unpaired) electrons. The Hall–Kier alpha value is -2.59. The summed E-state index contributed by atoms with van der Waals surface area (Å²) < 4.78 is 11.6. The molecule has 2 aromatic carbocycles. The van der Waals surface area contributed by atoms with Gasteiger partial charge in [0.15, 0.2) is 0 Å². The standard InChI is InChI=1S/C21H21IN2O5/c1-24(2)21(27)29-19-11-18-15(10-17(19)22)14(6-7-25)16(20(26)28-18)9-12-4-3-5-13(23)8-12/h3-5,8,10-11,25H,6-7,9,23H2,1-2H3. The number of aliphatic hydroxyl groups is 1. The van der Waals surface area contributed by atoms with Crippen LogP contribution < -0.4 is 16.1 Å². The molecule has 0 spiro atoms. The Morgan fingerprint density at radius 3 is 2.66 bits per heavy atom. The molecule has 3 rings (SSSR count). The number of carbonyl (C=O) groups is 1. The molecule has 0 bridgehead atoms. The van der Waals surface area contributed by atoms with Crippen molar-refractivity contribution in [3.8, 4) is 5.75 Å². The van der Waals surface area contributed by atoms with Crippen LogP contribution >= 0.6 is 22.6 Å². The van der Waals surface area contributed by atoms with E-state index < -0.39 is 11.7 Å². The van der Waals surface area contributed by atoms with E-state index in [2.05, 4.69) is 22.6 Å². The van der Waals surface area contributed by atoms with Crippen LogP contribution in [0.4, 0.5) is 10.5 Å². The Morgan fingerprint density at radius 2 is 2.00 bits per heavy atom. The smallest absolute Gasteiger partial charge is 0.414 e. The van der Waals surface area contributed by atoms with Gasteiger partial charge in [0.1, 0.15) is 11.3 Å². The van der Waals surface area contributed by atoms with E-state index in [-0.39, 0.29) is 6.61 Å². The molecule has 0 fully saturated rings. The van der Waals surface area contributed by atoms with E-state index in [4.69, 9.17) is 14.9 Å². The minimum atomic E-state index is -0.529. The maximum atomic E-state index is 12.7. The lowest BCUT2D eigenvalue weighted by Gasteiger charge is -2.15. The average Bonchev–Trinajstić information content (AvgIpc) is 2.66. The van der Waals surface area contributed by atoms with E-state index >= 15 is 0 Å². The van der Waals surface area contributed by atoms with Crippen LogP contribution in [0.5, 0.6) is 5.75 Å². The predicted octanol–water partition coefficient (Wildman–Crippen LogP) is 3.17. The number of hydrogen-bond acceptors (Lipinski definition) is 6. The number of aliphatic hydroxyl groups excluding tert-OH is 1. The normalized spacial score (nSPS) is 10.9. The third-order valence-electron chi connectivity index (χ3n) is 4.43. The summed E-state index contributed by atoms with van der Waals surface area (Å²) in [4.78, 5) is 25.9. The van der Waals surface area contributed by atoms with Gasteiger partial charge in [0, 0.05) is 49.8 Å². The van der Waals surface area contributed by atoms with E-state index in [9.17, 15) is 14.7 Å². The number of ether oxygens (including phenoxy) is 1. The second-order valence-corrected chi connectivity index (χ2v) is 7.95. The van der Waals surface area contributed by atoms with E-state index in [1.165, 1.54) is 11.0 Å². The quantitative estimate of drug-likeness (QED) is 0.312. The fourth-order valence-electron chi connectivity index (χ4n) is 3.05. The highest BCUT2D eigenvalue weighted by molar-refractivity contribution is 14.1. The number of halogens is 1. The topological polar surface area (TPSA) is 106 Å². The number of hydrogen-bond donors (Lipinski definition) is 2. The first-order chi connectivity index (χ1) is 13.8.